The Bertz CT molecular complexity index is 1010. The number of nitrogens with one attached hydrogen (secondary N) is 2. The molecule has 8 nitrogen and oxygen atoms in total. The van der Waals surface area contributed by atoms with Gasteiger partial charge in [0.05, 0.1) is 9.92 Å². The summed E-state index contributed by atoms with van der Waals surface area (Å²) < 4.78 is 27.7. The van der Waals surface area contributed by atoms with E-state index in [1.807, 2.05) is 0 Å². The number of benzene rings is 1. The Balaban J connectivity index is 1.71. The lowest BCUT2D eigenvalue weighted by atomic mass is 10.2. The summed E-state index contributed by atoms with van der Waals surface area (Å²) in [6, 6.07) is 4.68. The first-order valence-electron chi connectivity index (χ1n) is 8.85. The fraction of sp³-hybridized carbons (Fsp3) is 0.389. The van der Waals surface area contributed by atoms with E-state index in [1.54, 1.807) is 18.3 Å². The number of sulfonamides is 1. The van der Waals surface area contributed by atoms with Crippen molar-refractivity contribution in [1.29, 1.82) is 0 Å². The molecule has 1 atom stereocenters. The number of amides is 2. The highest BCUT2D eigenvalue weighted by Crippen LogP contribution is 2.32. The first-order valence-corrected chi connectivity index (χ1v) is 10.7. The van der Waals surface area contributed by atoms with E-state index in [4.69, 9.17) is 11.6 Å². The summed E-state index contributed by atoms with van der Waals surface area (Å²) in [6.45, 7) is 2.12. The molecule has 1 aromatic heterocycles. The van der Waals surface area contributed by atoms with Gasteiger partial charge in [-0.2, -0.15) is 4.31 Å². The zero-order valence-corrected chi connectivity index (χ0v) is 16.9. The van der Waals surface area contributed by atoms with Gasteiger partial charge in [0.2, 0.25) is 21.8 Å². The number of aromatic nitrogens is 1. The minimum Gasteiger partial charge on any atom is -0.356 e. The van der Waals surface area contributed by atoms with E-state index in [0.717, 1.165) is 0 Å². The number of halogens is 1. The number of hydrogen-bond acceptors (Lipinski definition) is 5. The highest BCUT2D eigenvalue weighted by atomic mass is 35.5. The molecule has 0 aliphatic carbocycles. The summed E-state index contributed by atoms with van der Waals surface area (Å²) in [7, 11) is -3.77. The van der Waals surface area contributed by atoms with E-state index in [-0.39, 0.29) is 47.3 Å². The van der Waals surface area contributed by atoms with Crippen LogP contribution in [0, 0.1) is 0 Å². The Morgan fingerprint density at radius 1 is 1.32 bits per heavy atom. The van der Waals surface area contributed by atoms with Crippen molar-refractivity contribution in [2.45, 2.75) is 30.7 Å². The van der Waals surface area contributed by atoms with Crippen LogP contribution >= 0.6 is 11.6 Å². The molecule has 28 heavy (non-hydrogen) atoms. The quantitative estimate of drug-likeness (QED) is 0.726. The van der Waals surface area contributed by atoms with Gasteiger partial charge in [0.15, 0.2) is 0 Å². The van der Waals surface area contributed by atoms with E-state index in [2.05, 4.69) is 15.6 Å². The summed E-state index contributed by atoms with van der Waals surface area (Å²) in [5.74, 6) is -0.424. The summed E-state index contributed by atoms with van der Waals surface area (Å²) in [4.78, 5) is 27.0. The van der Waals surface area contributed by atoms with Crippen LogP contribution in [0.1, 0.15) is 19.8 Å². The molecule has 2 N–H and O–H groups in total. The number of pyridine rings is 1. The molecular formula is C18H21ClN4O4S. The van der Waals surface area contributed by atoms with Gasteiger partial charge in [-0.15, -0.1) is 0 Å². The number of fused-ring (bicyclic) bond motifs is 1. The van der Waals surface area contributed by atoms with E-state index in [0.29, 0.717) is 23.7 Å². The van der Waals surface area contributed by atoms with E-state index in [9.17, 15) is 18.0 Å². The third-order valence-corrected chi connectivity index (χ3v) is 6.75. The normalized spacial score (nSPS) is 17.6. The SMILES string of the molecule is CC(=O)NCCC(=O)N[C@H]1CCN(S(=O)(=O)c2cccc3cncc(Cl)c23)C1. The lowest BCUT2D eigenvalue weighted by molar-refractivity contribution is -0.122. The second-order valence-corrected chi connectivity index (χ2v) is 8.94. The maximum atomic E-state index is 13.2. The molecule has 0 spiro atoms. The lowest BCUT2D eigenvalue weighted by Gasteiger charge is -2.18. The molecule has 10 heteroatoms. The van der Waals surface area contributed by atoms with E-state index in [1.165, 1.54) is 23.5 Å². The minimum atomic E-state index is -3.77. The third-order valence-electron chi connectivity index (χ3n) is 4.56. The van der Waals surface area contributed by atoms with Crippen molar-refractivity contribution in [3.63, 3.8) is 0 Å². The number of carbonyl (C=O) groups excluding carboxylic acids is 2. The highest BCUT2D eigenvalue weighted by molar-refractivity contribution is 7.89. The van der Waals surface area contributed by atoms with Crippen LogP contribution in [0.5, 0.6) is 0 Å². The van der Waals surface area contributed by atoms with Gasteiger partial charge in [0.1, 0.15) is 0 Å². The molecule has 1 aliphatic heterocycles. The maximum absolute atomic E-state index is 13.2. The zero-order chi connectivity index (χ0) is 20.3. The molecule has 150 valence electrons. The monoisotopic (exact) mass is 424 g/mol. The van der Waals surface area contributed by atoms with Gasteiger partial charge in [-0.1, -0.05) is 23.7 Å². The van der Waals surface area contributed by atoms with Crippen molar-refractivity contribution in [3.05, 3.63) is 35.6 Å². The van der Waals surface area contributed by atoms with Crippen molar-refractivity contribution in [3.8, 4) is 0 Å². The Morgan fingerprint density at radius 3 is 2.86 bits per heavy atom. The lowest BCUT2D eigenvalue weighted by Crippen LogP contribution is -2.39. The molecule has 1 aliphatic rings. The molecule has 0 unspecified atom stereocenters. The van der Waals surface area contributed by atoms with Crippen LogP contribution in [0.25, 0.3) is 10.8 Å². The highest BCUT2D eigenvalue weighted by Gasteiger charge is 2.34. The van der Waals surface area contributed by atoms with Crippen LogP contribution < -0.4 is 10.6 Å². The molecule has 1 aromatic carbocycles. The van der Waals surface area contributed by atoms with E-state index >= 15 is 0 Å². The Morgan fingerprint density at radius 2 is 2.11 bits per heavy atom. The predicted octanol–water partition coefficient (Wildman–Crippen LogP) is 1.29. The molecule has 1 saturated heterocycles. The van der Waals surface area contributed by atoms with Gasteiger partial charge in [-0.3, -0.25) is 14.6 Å². The second kappa shape index (κ2) is 8.42. The van der Waals surface area contributed by atoms with Crippen LogP contribution in [-0.2, 0) is 19.6 Å². The third kappa shape index (κ3) is 4.43. The van der Waals surface area contributed by atoms with Crippen molar-refractivity contribution in [2.24, 2.45) is 0 Å². The van der Waals surface area contributed by atoms with Crippen LogP contribution in [0.4, 0.5) is 0 Å². The largest absolute Gasteiger partial charge is 0.356 e. The Kier molecular flexibility index (Phi) is 6.17. The van der Waals surface area contributed by atoms with Crippen molar-refractivity contribution < 1.29 is 18.0 Å². The standard InChI is InChI=1S/C18H21ClN4O4S/c1-12(24)21-7-5-17(25)22-14-6-8-23(11-14)28(26,27)16-4-2-3-13-9-20-10-15(19)18(13)16/h2-4,9-10,14H,5-8,11H2,1H3,(H,21,24)(H,22,25)/t14-/m0/s1. The fourth-order valence-electron chi connectivity index (χ4n) is 3.23. The fourth-order valence-corrected chi connectivity index (χ4v) is 5.29. The van der Waals surface area contributed by atoms with Crippen LogP contribution in [0.3, 0.4) is 0 Å². The molecule has 1 fully saturated rings. The molecule has 2 aromatic rings. The Labute approximate surface area is 168 Å². The maximum Gasteiger partial charge on any atom is 0.243 e. The van der Waals surface area contributed by atoms with Crippen molar-refractivity contribution in [1.82, 2.24) is 19.9 Å². The molecular weight excluding hydrogens is 404 g/mol. The zero-order valence-electron chi connectivity index (χ0n) is 15.3. The summed E-state index contributed by atoms with van der Waals surface area (Å²) in [5, 5.41) is 6.75. The van der Waals surface area contributed by atoms with Crippen LogP contribution in [0.15, 0.2) is 35.5 Å². The average molecular weight is 425 g/mol. The summed E-state index contributed by atoms with van der Waals surface area (Å²) >= 11 is 6.21. The summed E-state index contributed by atoms with van der Waals surface area (Å²) in [6.07, 6.45) is 3.66. The molecule has 0 bridgehead atoms. The Hall–Kier alpha value is -2.23. The summed E-state index contributed by atoms with van der Waals surface area (Å²) in [5.41, 5.74) is 0. The molecule has 0 radical (unpaired) electrons. The van der Waals surface area contributed by atoms with Gasteiger partial charge in [-0.05, 0) is 12.5 Å². The van der Waals surface area contributed by atoms with Gasteiger partial charge >= 0.3 is 0 Å². The van der Waals surface area contributed by atoms with Crippen molar-refractivity contribution in [2.75, 3.05) is 19.6 Å². The van der Waals surface area contributed by atoms with Gasteiger partial charge in [0, 0.05) is 62.2 Å². The first-order chi connectivity index (χ1) is 13.3. The molecule has 2 heterocycles. The predicted molar refractivity (Wildman–Crippen MR) is 105 cm³/mol. The average Bonchev–Trinajstić information content (AvgIpc) is 3.10. The van der Waals surface area contributed by atoms with Gasteiger partial charge in [0.25, 0.3) is 0 Å². The smallest absolute Gasteiger partial charge is 0.243 e. The molecule has 3 rings (SSSR count). The number of hydrogen-bond donors (Lipinski definition) is 2. The van der Waals surface area contributed by atoms with Crippen LogP contribution in [-0.4, -0.2) is 55.2 Å². The van der Waals surface area contributed by atoms with E-state index < -0.39 is 10.0 Å². The molecule has 2 amide bonds. The minimum absolute atomic E-state index is 0.134. The topological polar surface area (TPSA) is 108 Å². The number of nitrogens with zero attached hydrogens (tertiary/aromatic N) is 2. The number of rotatable bonds is 6. The van der Waals surface area contributed by atoms with Gasteiger partial charge < -0.3 is 10.6 Å². The second-order valence-electron chi connectivity index (χ2n) is 6.62. The van der Waals surface area contributed by atoms with Gasteiger partial charge in [-0.25, -0.2) is 8.42 Å². The van der Waals surface area contributed by atoms with Crippen molar-refractivity contribution >= 4 is 44.2 Å². The molecule has 0 saturated carbocycles. The van der Waals surface area contributed by atoms with Crippen LogP contribution in [0.2, 0.25) is 5.02 Å². The number of carbonyl (C=O) groups is 2. The first kappa shape index (κ1) is 20.5.